The van der Waals surface area contributed by atoms with Gasteiger partial charge in [0.15, 0.2) is 0 Å². The van der Waals surface area contributed by atoms with Crippen molar-refractivity contribution in [3.63, 3.8) is 0 Å². The van der Waals surface area contributed by atoms with Gasteiger partial charge in [0.1, 0.15) is 17.3 Å². The molecule has 0 aliphatic carbocycles. The number of nitrogen functional groups attached to an aromatic ring is 1. The molecule has 0 aliphatic heterocycles. The van der Waals surface area contributed by atoms with E-state index in [0.29, 0.717) is 11.5 Å². The molecule has 13 heteroatoms. The fraction of sp³-hybridized carbons (Fsp3) is 0.0500. The van der Waals surface area contributed by atoms with Crippen LogP contribution >= 0.6 is 0 Å². The van der Waals surface area contributed by atoms with Gasteiger partial charge in [0.2, 0.25) is 5.95 Å². The Morgan fingerprint density at radius 2 is 1.76 bits per heavy atom. The number of nitrogens with two attached hydrogens (primary N) is 1. The zero-order valence-electron chi connectivity index (χ0n) is 16.7. The van der Waals surface area contributed by atoms with Crippen molar-refractivity contribution in [1.82, 2.24) is 34.3 Å². The number of pyridine rings is 1. The lowest BCUT2D eigenvalue weighted by atomic mass is 10.1. The molecule has 0 amide bonds. The fourth-order valence-corrected chi connectivity index (χ4v) is 3.18. The third-order valence-electron chi connectivity index (χ3n) is 4.60. The number of hydrogen-bond donors (Lipinski definition) is 3. The Balaban J connectivity index is 1.46. The predicted octanol–water partition coefficient (Wildman–Crippen LogP) is 3.79. The van der Waals surface area contributed by atoms with E-state index in [-0.39, 0.29) is 23.1 Å². The molecule has 4 N–H and O–H groups in total. The number of nitrogens with zero attached hydrogens (tertiary/aromatic N) is 7. The molecule has 1 aromatic carbocycles. The monoisotopic (exact) mass is 452 g/mol. The van der Waals surface area contributed by atoms with E-state index >= 15 is 0 Å². The summed E-state index contributed by atoms with van der Waals surface area (Å²) >= 11 is 0. The Kier molecular flexibility index (Phi) is 4.77. The number of anilines is 5. The van der Waals surface area contributed by atoms with Gasteiger partial charge < -0.3 is 20.8 Å². The first-order valence-corrected chi connectivity index (χ1v) is 9.54. The first-order chi connectivity index (χ1) is 15.8. The van der Waals surface area contributed by atoms with E-state index in [1.165, 1.54) is 29.2 Å². The second-order valence-electron chi connectivity index (χ2n) is 6.97. The third kappa shape index (κ3) is 4.37. The zero-order valence-corrected chi connectivity index (χ0v) is 16.7. The van der Waals surface area contributed by atoms with Gasteiger partial charge in [-0.1, -0.05) is 5.21 Å². The summed E-state index contributed by atoms with van der Waals surface area (Å²) in [6.45, 7) is 0. The zero-order chi connectivity index (χ0) is 23.0. The SMILES string of the molecule is Nc1cc(Nc2ccn3ccnc3c2)nc(Nc2cc(-n3ccnn3)cc(C(F)(F)F)c2)n1. The minimum Gasteiger partial charge on any atom is -0.383 e. The molecule has 33 heavy (non-hydrogen) atoms. The van der Waals surface area contributed by atoms with E-state index < -0.39 is 11.7 Å². The normalized spacial score (nSPS) is 11.6. The van der Waals surface area contributed by atoms with Gasteiger partial charge >= 0.3 is 6.18 Å². The highest BCUT2D eigenvalue weighted by atomic mass is 19.4. The summed E-state index contributed by atoms with van der Waals surface area (Å²) in [5.74, 6) is 0.494. The molecule has 166 valence electrons. The van der Waals surface area contributed by atoms with E-state index in [0.717, 1.165) is 17.8 Å². The molecule has 5 aromatic rings. The first kappa shape index (κ1) is 20.2. The van der Waals surface area contributed by atoms with Crippen molar-refractivity contribution < 1.29 is 13.2 Å². The molecular weight excluding hydrogens is 437 g/mol. The van der Waals surface area contributed by atoms with Crippen molar-refractivity contribution in [2.24, 2.45) is 0 Å². The van der Waals surface area contributed by atoms with Crippen molar-refractivity contribution in [2.75, 3.05) is 16.4 Å². The molecule has 0 saturated carbocycles. The van der Waals surface area contributed by atoms with E-state index in [9.17, 15) is 13.2 Å². The lowest BCUT2D eigenvalue weighted by Crippen LogP contribution is -2.09. The summed E-state index contributed by atoms with van der Waals surface area (Å²) in [5.41, 5.74) is 6.73. The van der Waals surface area contributed by atoms with Crippen molar-refractivity contribution in [3.05, 3.63) is 72.9 Å². The topological polar surface area (TPSA) is 124 Å². The molecule has 0 radical (unpaired) electrons. The van der Waals surface area contributed by atoms with Crippen LogP contribution in [0.4, 0.5) is 42.1 Å². The Hall–Kier alpha value is -4.68. The maximum absolute atomic E-state index is 13.4. The number of fused-ring (bicyclic) bond motifs is 1. The molecule has 0 unspecified atom stereocenters. The summed E-state index contributed by atoms with van der Waals surface area (Å²) < 4.78 is 43.4. The number of nitrogens with one attached hydrogen (secondary N) is 2. The minimum absolute atomic E-state index is 0.0169. The van der Waals surface area contributed by atoms with Crippen molar-refractivity contribution in [2.45, 2.75) is 6.18 Å². The summed E-state index contributed by atoms with van der Waals surface area (Å²) in [6.07, 6.45) is 3.55. The number of rotatable bonds is 5. The third-order valence-corrected chi connectivity index (χ3v) is 4.60. The van der Waals surface area contributed by atoms with Crippen LogP contribution in [0, 0.1) is 0 Å². The average molecular weight is 452 g/mol. The van der Waals surface area contributed by atoms with E-state index in [4.69, 9.17) is 5.73 Å². The quantitative estimate of drug-likeness (QED) is 0.368. The summed E-state index contributed by atoms with van der Waals surface area (Å²) in [4.78, 5) is 12.6. The van der Waals surface area contributed by atoms with Crippen LogP contribution in [0.15, 0.2) is 67.4 Å². The molecule has 0 saturated heterocycles. The Morgan fingerprint density at radius 3 is 2.55 bits per heavy atom. The van der Waals surface area contributed by atoms with Gasteiger partial charge in [0, 0.05) is 42.1 Å². The Labute approximate surface area is 183 Å². The maximum Gasteiger partial charge on any atom is 0.416 e. The van der Waals surface area contributed by atoms with E-state index in [1.54, 1.807) is 6.20 Å². The number of halogens is 3. The Morgan fingerprint density at radius 1 is 0.879 bits per heavy atom. The van der Waals surface area contributed by atoms with Gasteiger partial charge in [-0.25, -0.2) is 9.67 Å². The van der Waals surface area contributed by atoms with E-state index in [1.807, 2.05) is 28.9 Å². The molecule has 4 aromatic heterocycles. The van der Waals surface area contributed by atoms with Gasteiger partial charge in [-0.05, 0) is 24.3 Å². The standard InChI is InChI=1S/C20H15F3N10/c21-20(22,23)12-7-14(9-15(8-12)33-6-3-26-31-33)28-19-29-16(24)11-17(30-19)27-13-1-4-32-5-2-25-18(32)10-13/h1-11H,(H4,24,27,28,29,30). The first-order valence-electron chi connectivity index (χ1n) is 9.54. The number of imidazole rings is 1. The minimum atomic E-state index is -4.57. The van der Waals surface area contributed by atoms with Crippen LogP contribution in [0.1, 0.15) is 5.56 Å². The number of alkyl halides is 3. The van der Waals surface area contributed by atoms with Crippen LogP contribution < -0.4 is 16.4 Å². The lowest BCUT2D eigenvalue weighted by Gasteiger charge is -2.14. The van der Waals surface area contributed by atoms with Crippen LogP contribution in [0.2, 0.25) is 0 Å². The molecule has 0 aliphatic rings. The largest absolute Gasteiger partial charge is 0.416 e. The highest BCUT2D eigenvalue weighted by molar-refractivity contribution is 5.66. The Bertz CT molecular complexity index is 1430. The molecule has 10 nitrogen and oxygen atoms in total. The van der Waals surface area contributed by atoms with Gasteiger partial charge in [0.25, 0.3) is 0 Å². The smallest absolute Gasteiger partial charge is 0.383 e. The number of hydrogen-bond acceptors (Lipinski definition) is 8. The van der Waals surface area contributed by atoms with Crippen LogP contribution in [0.25, 0.3) is 11.3 Å². The van der Waals surface area contributed by atoms with Crippen LogP contribution in [0.5, 0.6) is 0 Å². The van der Waals surface area contributed by atoms with Crippen LogP contribution in [-0.4, -0.2) is 34.3 Å². The van der Waals surface area contributed by atoms with Gasteiger partial charge in [0.05, 0.1) is 23.6 Å². The molecule has 5 rings (SSSR count). The highest BCUT2D eigenvalue weighted by Crippen LogP contribution is 2.33. The molecule has 4 heterocycles. The van der Waals surface area contributed by atoms with Crippen molar-refractivity contribution >= 4 is 34.6 Å². The summed E-state index contributed by atoms with van der Waals surface area (Å²) in [5, 5.41) is 13.3. The second-order valence-corrected chi connectivity index (χ2v) is 6.97. The van der Waals surface area contributed by atoms with Gasteiger partial charge in [-0.15, -0.1) is 5.10 Å². The molecule has 0 fully saturated rings. The lowest BCUT2D eigenvalue weighted by molar-refractivity contribution is -0.137. The second kappa shape index (κ2) is 7.78. The van der Waals surface area contributed by atoms with Gasteiger partial charge in [-0.3, -0.25) is 0 Å². The van der Waals surface area contributed by atoms with E-state index in [2.05, 4.69) is 35.9 Å². The average Bonchev–Trinajstić information content (AvgIpc) is 3.44. The molecule has 0 bridgehead atoms. The fourth-order valence-electron chi connectivity index (χ4n) is 3.18. The molecule has 0 atom stereocenters. The summed E-state index contributed by atoms with van der Waals surface area (Å²) in [6, 6.07) is 8.52. The maximum atomic E-state index is 13.4. The van der Waals surface area contributed by atoms with Crippen LogP contribution in [-0.2, 0) is 6.18 Å². The van der Waals surface area contributed by atoms with Crippen molar-refractivity contribution in [3.8, 4) is 5.69 Å². The molecule has 0 spiro atoms. The molecular formula is C20H15F3N10. The summed E-state index contributed by atoms with van der Waals surface area (Å²) in [7, 11) is 0. The van der Waals surface area contributed by atoms with Crippen molar-refractivity contribution in [1.29, 1.82) is 0 Å². The highest BCUT2D eigenvalue weighted by Gasteiger charge is 2.31. The number of aromatic nitrogens is 7. The van der Waals surface area contributed by atoms with Crippen LogP contribution in [0.3, 0.4) is 0 Å². The predicted molar refractivity (Wildman–Crippen MR) is 115 cm³/mol. The van der Waals surface area contributed by atoms with Gasteiger partial charge in [-0.2, -0.15) is 23.1 Å². The number of benzene rings is 1.